The van der Waals surface area contributed by atoms with Gasteiger partial charge in [-0.15, -0.1) is 0 Å². The predicted octanol–water partition coefficient (Wildman–Crippen LogP) is 2.35. The number of H-pyrrole nitrogens is 1. The first-order chi connectivity index (χ1) is 10.1. The van der Waals surface area contributed by atoms with E-state index in [0.29, 0.717) is 6.61 Å². The molecule has 2 aliphatic heterocycles. The van der Waals surface area contributed by atoms with E-state index in [9.17, 15) is 14.0 Å². The normalized spacial score (nSPS) is 27.1. The number of benzene rings is 1. The van der Waals surface area contributed by atoms with E-state index < -0.39 is 0 Å². The van der Waals surface area contributed by atoms with E-state index in [1.807, 2.05) is 0 Å². The van der Waals surface area contributed by atoms with Crippen molar-refractivity contribution in [2.75, 3.05) is 6.61 Å². The molecule has 0 radical (unpaired) electrons. The van der Waals surface area contributed by atoms with Crippen LogP contribution >= 0.6 is 23.1 Å². The van der Waals surface area contributed by atoms with Crippen LogP contribution in [0.25, 0.3) is 0 Å². The summed E-state index contributed by atoms with van der Waals surface area (Å²) in [6.45, 7) is 0.350. The van der Waals surface area contributed by atoms with Gasteiger partial charge in [-0.25, -0.2) is 4.39 Å². The van der Waals surface area contributed by atoms with E-state index in [1.54, 1.807) is 12.1 Å². The van der Waals surface area contributed by atoms with Crippen LogP contribution in [-0.4, -0.2) is 22.8 Å². The molecule has 3 atom stereocenters. The molecule has 0 unspecified atom stereocenters. The minimum Gasteiger partial charge on any atom is -0.464 e. The molecule has 4 rings (SSSR count). The molecule has 1 aromatic heterocycles. The van der Waals surface area contributed by atoms with Crippen molar-refractivity contribution in [3.63, 3.8) is 0 Å². The van der Waals surface area contributed by atoms with Crippen LogP contribution in [-0.2, 0) is 9.53 Å². The Morgan fingerprint density at radius 1 is 1.24 bits per heavy atom. The number of carbonyl (C=O) groups is 1. The summed E-state index contributed by atoms with van der Waals surface area (Å²) in [5, 5.41) is 0.796. The quantitative estimate of drug-likeness (QED) is 0.819. The minimum absolute atomic E-state index is 0.00898. The smallest absolute Gasteiger partial charge is 0.311 e. The fourth-order valence-corrected chi connectivity index (χ4v) is 5.42. The van der Waals surface area contributed by atoms with Crippen LogP contribution in [0.4, 0.5) is 4.39 Å². The number of ether oxygens (including phenoxy) is 1. The van der Waals surface area contributed by atoms with Gasteiger partial charge in [-0.3, -0.25) is 9.59 Å². The van der Waals surface area contributed by atoms with Crippen LogP contribution in [0.5, 0.6) is 0 Å². The van der Waals surface area contributed by atoms with Gasteiger partial charge < -0.3 is 9.72 Å². The van der Waals surface area contributed by atoms with Crippen molar-refractivity contribution in [1.82, 2.24) is 4.98 Å². The third-order valence-electron chi connectivity index (χ3n) is 3.84. The zero-order valence-corrected chi connectivity index (χ0v) is 12.3. The van der Waals surface area contributed by atoms with Crippen molar-refractivity contribution in [1.29, 1.82) is 0 Å². The average Bonchev–Trinajstić information content (AvgIpc) is 3.00. The number of cyclic esters (lactones) is 1. The number of fused-ring (bicyclic) bond motifs is 2. The number of carbonyl (C=O) groups excluding carboxylic acids is 1. The highest BCUT2D eigenvalue weighted by atomic mass is 32.2. The van der Waals surface area contributed by atoms with Crippen LogP contribution in [0.2, 0.25) is 0 Å². The Kier molecular flexibility index (Phi) is 2.93. The fourth-order valence-electron chi connectivity index (χ4n) is 2.94. The minimum atomic E-state index is -0.322. The maximum absolute atomic E-state index is 13.1. The van der Waals surface area contributed by atoms with Gasteiger partial charge in [-0.1, -0.05) is 35.2 Å². The van der Waals surface area contributed by atoms with Crippen LogP contribution in [0.15, 0.2) is 34.1 Å². The lowest BCUT2D eigenvalue weighted by Gasteiger charge is -2.29. The van der Waals surface area contributed by atoms with Crippen molar-refractivity contribution in [2.45, 2.75) is 16.2 Å². The Labute approximate surface area is 127 Å². The first-order valence-corrected chi connectivity index (χ1v) is 8.15. The second-order valence-corrected chi connectivity index (χ2v) is 7.31. The van der Waals surface area contributed by atoms with Crippen molar-refractivity contribution < 1.29 is 13.9 Å². The molecule has 2 aromatic rings. The van der Waals surface area contributed by atoms with Crippen molar-refractivity contribution >= 4 is 29.1 Å². The third-order valence-corrected chi connectivity index (χ3v) is 6.23. The summed E-state index contributed by atoms with van der Waals surface area (Å²) in [5.41, 5.74) is 0.835. The molecular formula is C14H10FNO3S2. The highest BCUT2D eigenvalue weighted by Crippen LogP contribution is 2.51. The first kappa shape index (κ1) is 13.1. The second kappa shape index (κ2) is 4.71. The first-order valence-electron chi connectivity index (χ1n) is 6.45. The zero-order chi connectivity index (χ0) is 14.6. The van der Waals surface area contributed by atoms with Gasteiger partial charge in [0.05, 0.1) is 16.2 Å². The number of aromatic nitrogens is 1. The second-order valence-electron chi connectivity index (χ2n) is 5.05. The van der Waals surface area contributed by atoms with Crippen LogP contribution in [0.3, 0.4) is 0 Å². The molecule has 1 aromatic carbocycles. The van der Waals surface area contributed by atoms with E-state index in [1.165, 1.54) is 23.9 Å². The van der Waals surface area contributed by atoms with E-state index in [0.717, 1.165) is 26.8 Å². The predicted molar refractivity (Wildman–Crippen MR) is 77.3 cm³/mol. The molecule has 108 valence electrons. The Hall–Kier alpha value is -1.60. The van der Waals surface area contributed by atoms with Gasteiger partial charge in [0.25, 0.3) is 0 Å². The number of aromatic amines is 1. The van der Waals surface area contributed by atoms with Gasteiger partial charge in [0.1, 0.15) is 12.4 Å². The number of hydrogen-bond acceptors (Lipinski definition) is 5. The standard InChI is InChI=1S/C14H10FNO3S2/c15-7-3-1-6(2-4-7)9-10-8(5-19-13(10)17)20-12-11(9)21-14(18)16-12/h1-4,8-10H,5H2,(H,16,18)/t8-,9-,10+/m1/s1. The Morgan fingerprint density at radius 2 is 2.00 bits per heavy atom. The highest BCUT2D eigenvalue weighted by Gasteiger charge is 2.49. The molecule has 3 heterocycles. The van der Waals surface area contributed by atoms with Crippen LogP contribution in [0, 0.1) is 11.7 Å². The Morgan fingerprint density at radius 3 is 2.76 bits per heavy atom. The molecule has 0 amide bonds. The molecule has 0 saturated carbocycles. The molecule has 4 nitrogen and oxygen atoms in total. The van der Waals surface area contributed by atoms with E-state index in [4.69, 9.17) is 4.74 Å². The Bertz CT molecular complexity index is 767. The van der Waals surface area contributed by atoms with Gasteiger partial charge in [-0.2, -0.15) is 0 Å². The van der Waals surface area contributed by atoms with Gasteiger partial charge >= 0.3 is 10.8 Å². The molecule has 1 N–H and O–H groups in total. The SMILES string of the molecule is O=C1OC[C@H]2Sc3[nH]c(=O)sc3[C@H](c3ccc(F)cc3)[C@@H]12. The van der Waals surface area contributed by atoms with Crippen molar-refractivity contribution in [2.24, 2.45) is 5.92 Å². The third kappa shape index (κ3) is 2.03. The molecule has 0 bridgehead atoms. The number of nitrogens with one attached hydrogen (secondary N) is 1. The molecule has 0 spiro atoms. The zero-order valence-electron chi connectivity index (χ0n) is 10.7. The van der Waals surface area contributed by atoms with E-state index >= 15 is 0 Å². The van der Waals surface area contributed by atoms with Crippen molar-refractivity contribution in [3.8, 4) is 0 Å². The lowest BCUT2D eigenvalue weighted by atomic mass is 9.83. The average molecular weight is 323 g/mol. The number of rotatable bonds is 1. The molecule has 7 heteroatoms. The van der Waals surface area contributed by atoms with E-state index in [2.05, 4.69) is 4.98 Å². The fraction of sp³-hybridized carbons (Fsp3) is 0.286. The van der Waals surface area contributed by atoms with Crippen LogP contribution in [0.1, 0.15) is 16.4 Å². The number of esters is 1. The van der Waals surface area contributed by atoms with Gasteiger partial charge in [0.15, 0.2) is 0 Å². The molecule has 2 aliphatic rings. The number of thiazole rings is 1. The molecule has 1 fully saturated rings. The summed E-state index contributed by atoms with van der Waals surface area (Å²) in [4.78, 5) is 27.3. The Balaban J connectivity index is 1.89. The summed E-state index contributed by atoms with van der Waals surface area (Å²) >= 11 is 2.60. The largest absolute Gasteiger partial charge is 0.464 e. The summed E-state index contributed by atoms with van der Waals surface area (Å²) in [7, 11) is 0. The summed E-state index contributed by atoms with van der Waals surface area (Å²) in [6, 6.07) is 6.10. The number of halogens is 1. The molecular weight excluding hydrogens is 313 g/mol. The molecule has 21 heavy (non-hydrogen) atoms. The number of thioether (sulfide) groups is 1. The van der Waals surface area contributed by atoms with Crippen molar-refractivity contribution in [3.05, 3.63) is 50.2 Å². The molecule has 0 aliphatic carbocycles. The highest BCUT2D eigenvalue weighted by molar-refractivity contribution is 8.00. The van der Waals surface area contributed by atoms with Gasteiger partial charge in [0.2, 0.25) is 0 Å². The maximum atomic E-state index is 13.1. The topological polar surface area (TPSA) is 59.2 Å². The lowest BCUT2D eigenvalue weighted by Crippen LogP contribution is -2.29. The summed E-state index contributed by atoms with van der Waals surface area (Å²) < 4.78 is 18.3. The number of hydrogen-bond donors (Lipinski definition) is 1. The summed E-state index contributed by atoms with van der Waals surface area (Å²) in [5.74, 6) is -1.13. The summed E-state index contributed by atoms with van der Waals surface area (Å²) in [6.07, 6.45) is 0. The van der Waals surface area contributed by atoms with Crippen LogP contribution < -0.4 is 4.87 Å². The maximum Gasteiger partial charge on any atom is 0.311 e. The lowest BCUT2D eigenvalue weighted by molar-refractivity contribution is -0.141. The van der Waals surface area contributed by atoms with E-state index in [-0.39, 0.29) is 33.7 Å². The molecule has 1 saturated heterocycles. The van der Waals surface area contributed by atoms with Gasteiger partial charge in [-0.05, 0) is 17.7 Å². The van der Waals surface area contributed by atoms with Gasteiger partial charge in [0, 0.05) is 10.8 Å². The monoisotopic (exact) mass is 323 g/mol.